The second-order valence-corrected chi connectivity index (χ2v) is 4.54. The van der Waals surface area contributed by atoms with Crippen LogP contribution in [0.25, 0.3) is 11.0 Å². The van der Waals surface area contributed by atoms with E-state index in [0.717, 1.165) is 10.9 Å². The minimum absolute atomic E-state index is 0.134. The van der Waals surface area contributed by atoms with Crippen LogP contribution in [-0.2, 0) is 0 Å². The zero-order valence-corrected chi connectivity index (χ0v) is 10.8. The molecule has 0 atom stereocenters. The van der Waals surface area contributed by atoms with Crippen LogP contribution < -0.4 is 5.32 Å². The number of aryl methyl sites for hydroxylation is 1. The van der Waals surface area contributed by atoms with E-state index in [9.17, 15) is 9.18 Å². The van der Waals surface area contributed by atoms with Crippen LogP contribution in [-0.4, -0.2) is 5.91 Å². The second kappa shape index (κ2) is 4.81. The average molecular weight is 269 g/mol. The van der Waals surface area contributed by atoms with E-state index in [-0.39, 0.29) is 11.4 Å². The Morgan fingerprint density at radius 1 is 1.15 bits per heavy atom. The van der Waals surface area contributed by atoms with Gasteiger partial charge in [-0.15, -0.1) is 0 Å². The number of anilines is 1. The SMILES string of the molecule is Cc1cccc2cc(C(=O)Nc3ccccc3F)oc12. The smallest absolute Gasteiger partial charge is 0.291 e. The highest BCUT2D eigenvalue weighted by Gasteiger charge is 2.14. The third-order valence-corrected chi connectivity index (χ3v) is 3.09. The quantitative estimate of drug-likeness (QED) is 0.760. The standard InChI is InChI=1S/C16H12FNO2/c1-10-5-4-6-11-9-14(20-15(10)11)16(19)18-13-8-3-2-7-12(13)17/h2-9H,1H3,(H,18,19). The van der Waals surface area contributed by atoms with Gasteiger partial charge in [-0.2, -0.15) is 0 Å². The van der Waals surface area contributed by atoms with Gasteiger partial charge in [0.2, 0.25) is 0 Å². The molecule has 0 aliphatic rings. The fourth-order valence-corrected chi connectivity index (χ4v) is 2.07. The van der Waals surface area contributed by atoms with E-state index in [1.165, 1.54) is 12.1 Å². The van der Waals surface area contributed by atoms with Crippen molar-refractivity contribution in [2.75, 3.05) is 5.32 Å². The molecule has 1 N–H and O–H groups in total. The number of rotatable bonds is 2. The molecule has 0 bridgehead atoms. The molecule has 100 valence electrons. The lowest BCUT2D eigenvalue weighted by atomic mass is 10.2. The number of fused-ring (bicyclic) bond motifs is 1. The molecule has 1 aromatic heterocycles. The lowest BCUT2D eigenvalue weighted by molar-refractivity contribution is 0.0998. The van der Waals surface area contributed by atoms with Gasteiger partial charge in [0.25, 0.3) is 5.91 Å². The van der Waals surface area contributed by atoms with Crippen LogP contribution in [0.5, 0.6) is 0 Å². The summed E-state index contributed by atoms with van der Waals surface area (Å²) in [5.41, 5.74) is 1.76. The van der Waals surface area contributed by atoms with Crippen molar-refractivity contribution >= 4 is 22.6 Å². The van der Waals surface area contributed by atoms with Gasteiger partial charge in [-0.05, 0) is 30.7 Å². The Hall–Kier alpha value is -2.62. The van der Waals surface area contributed by atoms with Gasteiger partial charge in [-0.3, -0.25) is 4.79 Å². The van der Waals surface area contributed by atoms with Gasteiger partial charge in [-0.25, -0.2) is 4.39 Å². The Balaban J connectivity index is 1.93. The number of para-hydroxylation sites is 2. The van der Waals surface area contributed by atoms with Crippen LogP contribution >= 0.6 is 0 Å². The summed E-state index contributed by atoms with van der Waals surface area (Å²) in [7, 11) is 0. The molecule has 1 amide bonds. The molecule has 0 saturated heterocycles. The Morgan fingerprint density at radius 3 is 2.70 bits per heavy atom. The number of halogens is 1. The van der Waals surface area contributed by atoms with Crippen LogP contribution in [0, 0.1) is 12.7 Å². The van der Waals surface area contributed by atoms with Gasteiger partial charge in [0.1, 0.15) is 11.4 Å². The van der Waals surface area contributed by atoms with E-state index < -0.39 is 11.7 Å². The van der Waals surface area contributed by atoms with Crippen molar-refractivity contribution in [1.29, 1.82) is 0 Å². The summed E-state index contributed by atoms with van der Waals surface area (Å²) >= 11 is 0. The van der Waals surface area contributed by atoms with Crippen molar-refractivity contribution < 1.29 is 13.6 Å². The monoisotopic (exact) mass is 269 g/mol. The van der Waals surface area contributed by atoms with Gasteiger partial charge < -0.3 is 9.73 Å². The van der Waals surface area contributed by atoms with E-state index in [1.807, 2.05) is 25.1 Å². The van der Waals surface area contributed by atoms with Crippen molar-refractivity contribution in [2.24, 2.45) is 0 Å². The number of amides is 1. The number of furan rings is 1. The molecule has 4 heteroatoms. The van der Waals surface area contributed by atoms with Crippen molar-refractivity contribution in [3.05, 3.63) is 65.7 Å². The summed E-state index contributed by atoms with van der Waals surface area (Å²) in [5, 5.41) is 3.35. The maximum absolute atomic E-state index is 13.5. The lowest BCUT2D eigenvalue weighted by Crippen LogP contribution is -2.11. The highest BCUT2D eigenvalue weighted by Crippen LogP contribution is 2.23. The molecule has 3 rings (SSSR count). The van der Waals surface area contributed by atoms with Crippen LogP contribution in [0.4, 0.5) is 10.1 Å². The second-order valence-electron chi connectivity index (χ2n) is 4.54. The van der Waals surface area contributed by atoms with Gasteiger partial charge >= 0.3 is 0 Å². The van der Waals surface area contributed by atoms with E-state index >= 15 is 0 Å². The number of benzene rings is 2. The fraction of sp³-hybridized carbons (Fsp3) is 0.0625. The number of nitrogens with one attached hydrogen (secondary N) is 1. The molecule has 0 unspecified atom stereocenters. The highest BCUT2D eigenvalue weighted by molar-refractivity contribution is 6.04. The Morgan fingerprint density at radius 2 is 1.95 bits per heavy atom. The third kappa shape index (κ3) is 2.16. The molecule has 0 spiro atoms. The Labute approximate surface area is 115 Å². The van der Waals surface area contributed by atoms with Crippen molar-refractivity contribution in [3.63, 3.8) is 0 Å². The first kappa shape index (κ1) is 12.4. The summed E-state index contributed by atoms with van der Waals surface area (Å²) in [6.45, 7) is 1.91. The molecule has 1 heterocycles. The summed E-state index contributed by atoms with van der Waals surface area (Å²) in [6.07, 6.45) is 0. The fourth-order valence-electron chi connectivity index (χ4n) is 2.07. The number of carbonyl (C=O) groups is 1. The average Bonchev–Trinajstić information content (AvgIpc) is 2.87. The van der Waals surface area contributed by atoms with E-state index in [2.05, 4.69) is 5.32 Å². The maximum Gasteiger partial charge on any atom is 0.291 e. The Bertz CT molecular complexity index is 792. The molecule has 0 radical (unpaired) electrons. The number of carbonyl (C=O) groups excluding carboxylic acids is 1. The number of hydrogen-bond donors (Lipinski definition) is 1. The molecule has 0 aliphatic heterocycles. The van der Waals surface area contributed by atoms with Crippen molar-refractivity contribution in [1.82, 2.24) is 0 Å². The van der Waals surface area contributed by atoms with Crippen LogP contribution in [0.2, 0.25) is 0 Å². The van der Waals surface area contributed by atoms with Gasteiger partial charge in [-0.1, -0.05) is 30.3 Å². The molecule has 0 saturated carbocycles. The van der Waals surface area contributed by atoms with Gasteiger partial charge in [0.15, 0.2) is 5.76 Å². The minimum Gasteiger partial charge on any atom is -0.451 e. The topological polar surface area (TPSA) is 42.2 Å². The number of hydrogen-bond acceptors (Lipinski definition) is 2. The zero-order valence-electron chi connectivity index (χ0n) is 10.8. The molecule has 3 nitrogen and oxygen atoms in total. The van der Waals surface area contributed by atoms with E-state index in [4.69, 9.17) is 4.42 Å². The van der Waals surface area contributed by atoms with Gasteiger partial charge in [0, 0.05) is 5.39 Å². The molecular weight excluding hydrogens is 257 g/mol. The van der Waals surface area contributed by atoms with Crippen molar-refractivity contribution in [2.45, 2.75) is 6.92 Å². The summed E-state index contributed by atoms with van der Waals surface area (Å²) in [5.74, 6) is -0.781. The zero-order chi connectivity index (χ0) is 14.1. The molecule has 0 aliphatic carbocycles. The maximum atomic E-state index is 13.5. The predicted octanol–water partition coefficient (Wildman–Crippen LogP) is 4.13. The van der Waals surface area contributed by atoms with Crippen molar-refractivity contribution in [3.8, 4) is 0 Å². The van der Waals surface area contributed by atoms with Crippen LogP contribution in [0.1, 0.15) is 16.1 Å². The Kier molecular flexibility index (Phi) is 2.99. The van der Waals surface area contributed by atoms with E-state index in [1.54, 1.807) is 18.2 Å². The molecule has 3 aromatic rings. The summed E-state index contributed by atoms with van der Waals surface area (Å²) in [6, 6.07) is 13.3. The summed E-state index contributed by atoms with van der Waals surface area (Å²) < 4.78 is 19.0. The normalized spacial score (nSPS) is 10.7. The first-order valence-corrected chi connectivity index (χ1v) is 6.20. The van der Waals surface area contributed by atoms with Gasteiger partial charge in [0.05, 0.1) is 5.69 Å². The molecule has 0 fully saturated rings. The molecule has 2 aromatic carbocycles. The predicted molar refractivity (Wildman–Crippen MR) is 75.3 cm³/mol. The summed E-state index contributed by atoms with van der Waals surface area (Å²) in [4.78, 5) is 12.1. The largest absolute Gasteiger partial charge is 0.451 e. The third-order valence-electron chi connectivity index (χ3n) is 3.09. The first-order chi connectivity index (χ1) is 9.65. The molecule has 20 heavy (non-hydrogen) atoms. The molecular formula is C16H12FNO2. The van der Waals surface area contributed by atoms with Crippen LogP contribution in [0.15, 0.2) is 52.9 Å². The highest BCUT2D eigenvalue weighted by atomic mass is 19.1. The van der Waals surface area contributed by atoms with Crippen LogP contribution in [0.3, 0.4) is 0 Å². The van der Waals surface area contributed by atoms with E-state index in [0.29, 0.717) is 5.58 Å². The first-order valence-electron chi connectivity index (χ1n) is 6.20. The minimum atomic E-state index is -0.479. The lowest BCUT2D eigenvalue weighted by Gasteiger charge is -2.03.